The van der Waals surface area contributed by atoms with Crippen LogP contribution in [0.15, 0.2) is 22.1 Å². The average Bonchev–Trinajstić information content (AvgIpc) is 3.00. The zero-order valence-electron chi connectivity index (χ0n) is 11.1. The first-order valence-electron chi connectivity index (χ1n) is 6.25. The molecule has 0 spiro atoms. The van der Waals surface area contributed by atoms with Gasteiger partial charge in [-0.15, -0.1) is 11.3 Å². The fourth-order valence-electron chi connectivity index (χ4n) is 2.37. The quantitative estimate of drug-likeness (QED) is 0.917. The van der Waals surface area contributed by atoms with E-state index in [2.05, 4.69) is 20.9 Å². The lowest BCUT2D eigenvalue weighted by Gasteiger charge is -2.14. The molecule has 1 aliphatic rings. The van der Waals surface area contributed by atoms with Gasteiger partial charge in [0.15, 0.2) is 0 Å². The maximum Gasteiger partial charge on any atom is 0.134 e. The molecule has 0 aliphatic carbocycles. The van der Waals surface area contributed by atoms with Crippen molar-refractivity contribution in [1.82, 2.24) is 4.98 Å². The van der Waals surface area contributed by atoms with Crippen LogP contribution in [0.4, 0.5) is 0 Å². The first-order chi connectivity index (χ1) is 9.58. The number of rotatable bonds is 3. The van der Waals surface area contributed by atoms with E-state index in [1.807, 2.05) is 24.4 Å². The van der Waals surface area contributed by atoms with E-state index < -0.39 is 6.10 Å². The second-order valence-corrected chi connectivity index (χ2v) is 6.45. The lowest BCUT2D eigenvalue weighted by Crippen LogP contribution is -2.05. The maximum absolute atomic E-state index is 10.5. The number of aliphatic hydroxyl groups is 1. The number of aromatic nitrogens is 1. The minimum absolute atomic E-state index is 0.163. The van der Waals surface area contributed by atoms with Crippen molar-refractivity contribution in [2.45, 2.75) is 25.6 Å². The van der Waals surface area contributed by atoms with Crippen LogP contribution in [0.3, 0.4) is 0 Å². The number of hydrogen-bond acceptors (Lipinski definition) is 5. The lowest BCUT2D eigenvalue weighted by molar-refractivity contribution is 0.212. The molecule has 20 heavy (non-hydrogen) atoms. The molecule has 0 fully saturated rings. The van der Waals surface area contributed by atoms with Crippen LogP contribution in [0.5, 0.6) is 11.5 Å². The minimum Gasteiger partial charge on any atom is -0.496 e. The summed E-state index contributed by atoms with van der Waals surface area (Å²) in [4.78, 5) is 4.26. The Bertz CT molecular complexity index is 643. The Morgan fingerprint density at radius 2 is 2.35 bits per heavy atom. The van der Waals surface area contributed by atoms with E-state index in [0.717, 1.165) is 22.3 Å². The molecule has 106 valence electrons. The van der Waals surface area contributed by atoms with E-state index in [4.69, 9.17) is 9.47 Å². The number of ether oxygens (including phenoxy) is 2. The number of benzene rings is 1. The Morgan fingerprint density at radius 1 is 1.55 bits per heavy atom. The van der Waals surface area contributed by atoms with Crippen LogP contribution in [0.2, 0.25) is 0 Å². The summed E-state index contributed by atoms with van der Waals surface area (Å²) in [5.41, 5.74) is 1.80. The van der Waals surface area contributed by atoms with Crippen LogP contribution in [-0.2, 0) is 6.42 Å². The molecule has 0 amide bonds. The fraction of sp³-hybridized carbons (Fsp3) is 0.357. The molecule has 6 heteroatoms. The van der Waals surface area contributed by atoms with Gasteiger partial charge in [-0.2, -0.15) is 0 Å². The SMILES string of the molecule is COc1cc2c(cc1C(O)c1nc(Br)cs1)OC(C)C2. The van der Waals surface area contributed by atoms with E-state index >= 15 is 0 Å². The highest BCUT2D eigenvalue weighted by atomic mass is 79.9. The number of methoxy groups -OCH3 is 1. The van der Waals surface area contributed by atoms with Gasteiger partial charge in [0, 0.05) is 22.9 Å². The Kier molecular flexibility index (Phi) is 3.70. The van der Waals surface area contributed by atoms with Crippen molar-refractivity contribution in [2.24, 2.45) is 0 Å². The number of thiazole rings is 1. The van der Waals surface area contributed by atoms with Gasteiger partial charge in [0.25, 0.3) is 0 Å². The fourth-order valence-corrected chi connectivity index (χ4v) is 3.64. The summed E-state index contributed by atoms with van der Waals surface area (Å²) in [7, 11) is 1.61. The van der Waals surface area contributed by atoms with Crippen molar-refractivity contribution in [3.8, 4) is 11.5 Å². The Balaban J connectivity index is 2.02. The largest absolute Gasteiger partial charge is 0.496 e. The second kappa shape index (κ2) is 5.35. The maximum atomic E-state index is 10.5. The molecule has 1 aliphatic heterocycles. The molecule has 1 aromatic heterocycles. The minimum atomic E-state index is -0.814. The van der Waals surface area contributed by atoms with Gasteiger partial charge >= 0.3 is 0 Å². The van der Waals surface area contributed by atoms with Crippen LogP contribution in [0, 0.1) is 0 Å². The smallest absolute Gasteiger partial charge is 0.134 e. The van der Waals surface area contributed by atoms with Crippen molar-refractivity contribution in [2.75, 3.05) is 7.11 Å². The Labute approximate surface area is 129 Å². The molecule has 3 rings (SSSR count). The van der Waals surface area contributed by atoms with Gasteiger partial charge in [-0.05, 0) is 35.0 Å². The lowest BCUT2D eigenvalue weighted by atomic mass is 10.0. The van der Waals surface area contributed by atoms with Gasteiger partial charge in [0.05, 0.1) is 7.11 Å². The molecule has 2 aromatic rings. The van der Waals surface area contributed by atoms with E-state index in [1.54, 1.807) is 7.11 Å². The van der Waals surface area contributed by atoms with Crippen molar-refractivity contribution >= 4 is 27.3 Å². The standard InChI is InChI=1S/C14H14BrNO3S/c1-7-3-8-4-11(18-2)9(5-10(8)19-7)13(17)14-16-12(15)6-20-14/h4-7,13,17H,3H2,1-2H3. The third kappa shape index (κ3) is 2.43. The van der Waals surface area contributed by atoms with Crippen molar-refractivity contribution < 1.29 is 14.6 Å². The summed E-state index contributed by atoms with van der Waals surface area (Å²) in [5.74, 6) is 1.49. The third-order valence-electron chi connectivity index (χ3n) is 3.27. The van der Waals surface area contributed by atoms with E-state index in [0.29, 0.717) is 16.3 Å². The number of hydrogen-bond donors (Lipinski definition) is 1. The number of nitrogens with zero attached hydrogens (tertiary/aromatic N) is 1. The molecule has 2 heterocycles. The van der Waals surface area contributed by atoms with Gasteiger partial charge in [-0.25, -0.2) is 4.98 Å². The molecular formula is C14H14BrNO3S. The molecule has 2 unspecified atom stereocenters. The van der Waals surface area contributed by atoms with E-state index in [1.165, 1.54) is 11.3 Å². The molecule has 0 saturated carbocycles. The summed E-state index contributed by atoms with van der Waals surface area (Å²) >= 11 is 4.70. The van der Waals surface area contributed by atoms with E-state index in [-0.39, 0.29) is 6.10 Å². The predicted molar refractivity (Wildman–Crippen MR) is 80.7 cm³/mol. The van der Waals surface area contributed by atoms with Gasteiger partial charge in [-0.3, -0.25) is 0 Å². The highest BCUT2D eigenvalue weighted by Crippen LogP contribution is 2.39. The van der Waals surface area contributed by atoms with Crippen LogP contribution < -0.4 is 9.47 Å². The highest BCUT2D eigenvalue weighted by Gasteiger charge is 2.26. The van der Waals surface area contributed by atoms with Crippen LogP contribution >= 0.6 is 27.3 Å². The van der Waals surface area contributed by atoms with Gasteiger partial charge in [0.1, 0.15) is 33.3 Å². The molecule has 4 nitrogen and oxygen atoms in total. The second-order valence-electron chi connectivity index (χ2n) is 4.75. The molecule has 1 aromatic carbocycles. The molecule has 1 N–H and O–H groups in total. The molecule has 0 bridgehead atoms. The van der Waals surface area contributed by atoms with Crippen LogP contribution in [0.25, 0.3) is 0 Å². The van der Waals surface area contributed by atoms with Crippen LogP contribution in [0.1, 0.15) is 29.2 Å². The summed E-state index contributed by atoms with van der Waals surface area (Å²) in [6.45, 7) is 2.03. The van der Waals surface area contributed by atoms with Crippen molar-refractivity contribution in [3.63, 3.8) is 0 Å². The molecule has 0 radical (unpaired) electrons. The topological polar surface area (TPSA) is 51.6 Å². The highest BCUT2D eigenvalue weighted by molar-refractivity contribution is 9.10. The first kappa shape index (κ1) is 13.9. The number of halogens is 1. The zero-order chi connectivity index (χ0) is 14.3. The van der Waals surface area contributed by atoms with Gasteiger partial charge < -0.3 is 14.6 Å². The number of fused-ring (bicyclic) bond motifs is 1. The molecular weight excluding hydrogens is 342 g/mol. The number of aliphatic hydroxyl groups excluding tert-OH is 1. The first-order valence-corrected chi connectivity index (χ1v) is 7.92. The third-order valence-corrected chi connectivity index (χ3v) is 4.88. The van der Waals surface area contributed by atoms with Gasteiger partial charge in [0.2, 0.25) is 0 Å². The Hall–Kier alpha value is -1.11. The monoisotopic (exact) mass is 355 g/mol. The summed E-state index contributed by atoms with van der Waals surface area (Å²) in [6, 6.07) is 3.80. The summed E-state index contributed by atoms with van der Waals surface area (Å²) in [6.07, 6.45) is 0.215. The zero-order valence-corrected chi connectivity index (χ0v) is 13.5. The average molecular weight is 356 g/mol. The summed E-state index contributed by atoms with van der Waals surface area (Å²) < 4.78 is 11.9. The van der Waals surface area contributed by atoms with Crippen LogP contribution in [-0.4, -0.2) is 23.3 Å². The normalized spacial score (nSPS) is 18.5. The van der Waals surface area contributed by atoms with Crippen molar-refractivity contribution in [3.05, 3.63) is 38.3 Å². The van der Waals surface area contributed by atoms with Crippen molar-refractivity contribution in [1.29, 1.82) is 0 Å². The van der Waals surface area contributed by atoms with E-state index in [9.17, 15) is 5.11 Å². The molecule has 2 atom stereocenters. The predicted octanol–water partition coefficient (Wildman–Crippen LogP) is 3.32. The Morgan fingerprint density at radius 3 is 3.00 bits per heavy atom. The summed E-state index contributed by atoms with van der Waals surface area (Å²) in [5, 5.41) is 13.0. The molecule has 0 saturated heterocycles. The van der Waals surface area contributed by atoms with Gasteiger partial charge in [-0.1, -0.05) is 0 Å².